The molecule has 2 atom stereocenters. The van der Waals surface area contributed by atoms with Gasteiger partial charge in [0.1, 0.15) is 6.54 Å². The van der Waals surface area contributed by atoms with E-state index in [0.717, 1.165) is 24.1 Å². The lowest BCUT2D eigenvalue weighted by Gasteiger charge is -2.30. The molecule has 1 fully saturated rings. The topological polar surface area (TPSA) is 85.1 Å². The maximum atomic E-state index is 12.0. The van der Waals surface area contributed by atoms with Crippen molar-refractivity contribution in [3.05, 3.63) is 33.1 Å². The van der Waals surface area contributed by atoms with E-state index >= 15 is 0 Å². The van der Waals surface area contributed by atoms with Gasteiger partial charge >= 0.3 is 5.69 Å². The van der Waals surface area contributed by atoms with Crippen LogP contribution in [0, 0.1) is 5.92 Å². The minimum atomic E-state index is -0.484. The third-order valence-corrected chi connectivity index (χ3v) is 3.75. The van der Waals surface area contributed by atoms with Gasteiger partial charge in [-0.15, -0.1) is 12.4 Å². The Kier molecular flexibility index (Phi) is 6.17. The number of hydrogen-bond acceptors (Lipinski definition) is 4. The summed E-state index contributed by atoms with van der Waals surface area (Å²) in [5.41, 5.74) is -0.862. The zero-order valence-corrected chi connectivity index (χ0v) is 13.0. The highest BCUT2D eigenvalue weighted by molar-refractivity contribution is 5.85. The molecule has 21 heavy (non-hydrogen) atoms. The molecular formula is C13H21ClN4O3. The summed E-state index contributed by atoms with van der Waals surface area (Å²) >= 11 is 0. The molecule has 1 saturated heterocycles. The first-order chi connectivity index (χ1) is 9.49. The average molecular weight is 317 g/mol. The molecule has 1 aromatic rings. The van der Waals surface area contributed by atoms with Gasteiger partial charge in [-0.2, -0.15) is 0 Å². The van der Waals surface area contributed by atoms with E-state index in [0.29, 0.717) is 5.92 Å². The fourth-order valence-corrected chi connectivity index (χ4v) is 2.33. The Bertz CT molecular complexity index is 610. The van der Waals surface area contributed by atoms with Gasteiger partial charge in [-0.1, -0.05) is 6.92 Å². The van der Waals surface area contributed by atoms with Gasteiger partial charge in [-0.05, 0) is 18.9 Å². The molecule has 8 heteroatoms. The van der Waals surface area contributed by atoms with Crippen LogP contribution in [0.1, 0.15) is 13.3 Å². The Balaban J connectivity index is 0.00000220. The van der Waals surface area contributed by atoms with Crippen LogP contribution in [0.15, 0.2) is 21.9 Å². The van der Waals surface area contributed by atoms with Crippen LogP contribution >= 0.6 is 12.4 Å². The predicted octanol–water partition coefficient (Wildman–Crippen LogP) is -0.917. The van der Waals surface area contributed by atoms with Crippen LogP contribution in [-0.4, -0.2) is 34.2 Å². The van der Waals surface area contributed by atoms with Gasteiger partial charge < -0.3 is 10.6 Å². The summed E-state index contributed by atoms with van der Waals surface area (Å²) in [6.07, 6.45) is 2.37. The molecule has 2 N–H and O–H groups in total. The summed E-state index contributed by atoms with van der Waals surface area (Å²) in [6, 6.07) is 1.36. The molecule has 2 unspecified atom stereocenters. The quantitative estimate of drug-likeness (QED) is 0.755. The predicted molar refractivity (Wildman–Crippen MR) is 81.8 cm³/mol. The second kappa shape index (κ2) is 7.42. The van der Waals surface area contributed by atoms with Crippen LogP contribution in [0.2, 0.25) is 0 Å². The second-order valence-electron chi connectivity index (χ2n) is 5.27. The van der Waals surface area contributed by atoms with Crippen molar-refractivity contribution in [3.8, 4) is 0 Å². The largest absolute Gasteiger partial charge is 0.350 e. The summed E-state index contributed by atoms with van der Waals surface area (Å²) < 4.78 is 2.22. The van der Waals surface area contributed by atoms with Crippen molar-refractivity contribution in [2.24, 2.45) is 13.0 Å². The maximum Gasteiger partial charge on any atom is 0.331 e. The van der Waals surface area contributed by atoms with Gasteiger partial charge in [-0.25, -0.2) is 4.79 Å². The Hall–Kier alpha value is -1.60. The third-order valence-electron chi connectivity index (χ3n) is 3.75. The highest BCUT2D eigenvalue weighted by Gasteiger charge is 2.22. The molecule has 0 aliphatic carbocycles. The number of halogens is 1. The lowest BCUT2D eigenvalue weighted by Crippen LogP contribution is -2.51. The van der Waals surface area contributed by atoms with Crippen LogP contribution in [0.25, 0.3) is 0 Å². The van der Waals surface area contributed by atoms with Gasteiger partial charge in [-0.3, -0.25) is 18.7 Å². The summed E-state index contributed by atoms with van der Waals surface area (Å²) in [7, 11) is 1.40. The fourth-order valence-electron chi connectivity index (χ4n) is 2.33. The second-order valence-corrected chi connectivity index (χ2v) is 5.27. The zero-order chi connectivity index (χ0) is 14.7. The minimum Gasteiger partial charge on any atom is -0.350 e. The summed E-state index contributed by atoms with van der Waals surface area (Å²) in [5, 5.41) is 6.16. The lowest BCUT2D eigenvalue weighted by atomic mass is 9.95. The molecule has 0 bridgehead atoms. The Labute approximate surface area is 128 Å². The van der Waals surface area contributed by atoms with E-state index in [4.69, 9.17) is 0 Å². The van der Waals surface area contributed by atoms with E-state index in [1.165, 1.54) is 23.9 Å². The van der Waals surface area contributed by atoms with Gasteiger partial charge in [0.2, 0.25) is 5.91 Å². The van der Waals surface area contributed by atoms with E-state index in [1.807, 2.05) is 0 Å². The molecule has 0 radical (unpaired) electrons. The number of nitrogens with zero attached hydrogens (tertiary/aromatic N) is 2. The molecule has 2 rings (SSSR count). The van der Waals surface area contributed by atoms with Gasteiger partial charge in [0.25, 0.3) is 5.56 Å². The van der Waals surface area contributed by atoms with E-state index < -0.39 is 5.69 Å². The van der Waals surface area contributed by atoms with Gasteiger partial charge in [0.05, 0.1) is 0 Å². The number of rotatable bonds is 3. The van der Waals surface area contributed by atoms with Crippen molar-refractivity contribution in [2.75, 3.05) is 13.1 Å². The first-order valence-electron chi connectivity index (χ1n) is 6.75. The standard InChI is InChI=1S/C13H20N4O3.ClH/c1-9-3-5-14-7-10(9)15-11(18)8-17-6-4-12(19)16(2)13(17)20;/h4,6,9-10,14H,3,5,7-8H2,1-2H3,(H,15,18);1H. The monoisotopic (exact) mass is 316 g/mol. The summed E-state index contributed by atoms with van der Waals surface area (Å²) in [5.74, 6) is 0.198. The van der Waals surface area contributed by atoms with Crippen molar-refractivity contribution in [1.82, 2.24) is 19.8 Å². The van der Waals surface area contributed by atoms with Gasteiger partial charge in [0.15, 0.2) is 0 Å². The summed E-state index contributed by atoms with van der Waals surface area (Å²) in [6.45, 7) is 3.74. The highest BCUT2D eigenvalue weighted by Crippen LogP contribution is 2.10. The van der Waals surface area contributed by atoms with Crippen LogP contribution in [0.4, 0.5) is 0 Å². The fraction of sp³-hybridized carbons (Fsp3) is 0.615. The van der Waals surface area contributed by atoms with E-state index in [1.54, 1.807) is 0 Å². The molecule has 118 valence electrons. The van der Waals surface area contributed by atoms with Crippen molar-refractivity contribution in [3.63, 3.8) is 0 Å². The molecule has 0 saturated carbocycles. The molecule has 2 heterocycles. The molecule has 1 amide bonds. The minimum absolute atomic E-state index is 0. The smallest absolute Gasteiger partial charge is 0.331 e. The molecule has 7 nitrogen and oxygen atoms in total. The molecular weight excluding hydrogens is 296 g/mol. The van der Waals surface area contributed by atoms with Crippen molar-refractivity contribution in [2.45, 2.75) is 25.9 Å². The Morgan fingerprint density at radius 1 is 1.48 bits per heavy atom. The highest BCUT2D eigenvalue weighted by atomic mass is 35.5. The number of amides is 1. The van der Waals surface area contributed by atoms with E-state index in [9.17, 15) is 14.4 Å². The van der Waals surface area contributed by atoms with Crippen LogP contribution < -0.4 is 21.9 Å². The Morgan fingerprint density at radius 2 is 2.19 bits per heavy atom. The van der Waals surface area contributed by atoms with Crippen molar-refractivity contribution >= 4 is 18.3 Å². The number of carbonyl (C=O) groups excluding carboxylic acids is 1. The van der Waals surface area contributed by atoms with Crippen LogP contribution in [-0.2, 0) is 18.4 Å². The van der Waals surface area contributed by atoms with E-state index in [-0.39, 0.29) is 36.5 Å². The molecule has 1 aliphatic rings. The third kappa shape index (κ3) is 4.18. The number of aromatic nitrogens is 2. The first-order valence-corrected chi connectivity index (χ1v) is 6.75. The maximum absolute atomic E-state index is 12.0. The number of hydrogen-bond donors (Lipinski definition) is 2. The lowest BCUT2D eigenvalue weighted by molar-refractivity contribution is -0.122. The normalized spacial score (nSPS) is 21.4. The summed E-state index contributed by atoms with van der Waals surface area (Å²) in [4.78, 5) is 35.1. The zero-order valence-electron chi connectivity index (χ0n) is 12.2. The van der Waals surface area contributed by atoms with Crippen molar-refractivity contribution in [1.29, 1.82) is 0 Å². The number of carbonyl (C=O) groups is 1. The molecule has 0 spiro atoms. The van der Waals surface area contributed by atoms with Crippen LogP contribution in [0.5, 0.6) is 0 Å². The molecule has 1 aliphatic heterocycles. The number of nitrogens with one attached hydrogen (secondary N) is 2. The SMILES string of the molecule is CC1CCNCC1NC(=O)Cn1ccc(=O)n(C)c1=O.Cl. The Morgan fingerprint density at radius 3 is 2.86 bits per heavy atom. The van der Waals surface area contributed by atoms with Gasteiger partial charge in [0, 0.05) is 31.9 Å². The first kappa shape index (κ1) is 17.5. The molecule has 0 aromatic carbocycles. The molecule has 1 aromatic heterocycles. The van der Waals surface area contributed by atoms with Crippen LogP contribution in [0.3, 0.4) is 0 Å². The van der Waals surface area contributed by atoms with E-state index in [2.05, 4.69) is 17.6 Å². The van der Waals surface area contributed by atoms with Crippen molar-refractivity contribution < 1.29 is 4.79 Å². The average Bonchev–Trinajstić information content (AvgIpc) is 2.42. The number of piperidine rings is 1.